The molecular weight excluding hydrogens is 126 g/mol. The SMILES string of the molecule is S=C(Cl)NS. The molecule has 0 bridgehead atoms. The van der Waals surface area contributed by atoms with E-state index in [1.165, 1.54) is 0 Å². The Kier molecular flexibility index (Phi) is 3.04. The average Bonchev–Trinajstić information content (AvgIpc) is 1.38. The van der Waals surface area contributed by atoms with Gasteiger partial charge in [0.1, 0.15) is 0 Å². The molecule has 0 aliphatic rings. The van der Waals surface area contributed by atoms with Gasteiger partial charge in [0.15, 0.2) is 4.45 Å². The minimum atomic E-state index is 0.174. The topological polar surface area (TPSA) is 12.0 Å². The maximum absolute atomic E-state index is 5.01. The van der Waals surface area contributed by atoms with Crippen LogP contribution in [0.5, 0.6) is 0 Å². The molecule has 0 amide bonds. The van der Waals surface area contributed by atoms with Crippen LogP contribution in [0.15, 0.2) is 0 Å². The van der Waals surface area contributed by atoms with E-state index in [0.29, 0.717) is 0 Å². The van der Waals surface area contributed by atoms with Crippen molar-refractivity contribution < 1.29 is 0 Å². The van der Waals surface area contributed by atoms with E-state index in [-0.39, 0.29) is 4.45 Å². The predicted octanol–water partition coefficient (Wildman–Crippen LogP) is 0.945. The van der Waals surface area contributed by atoms with Crippen LogP contribution in [0, 0.1) is 0 Å². The van der Waals surface area contributed by atoms with Gasteiger partial charge in [-0.15, -0.1) is 0 Å². The molecule has 0 unspecified atom stereocenters. The Morgan fingerprint density at radius 1 is 2.00 bits per heavy atom. The summed E-state index contributed by atoms with van der Waals surface area (Å²) in [6, 6.07) is 0. The van der Waals surface area contributed by atoms with Crippen LogP contribution < -0.4 is 4.72 Å². The normalized spacial score (nSPS) is 6.80. The molecule has 0 radical (unpaired) electrons. The van der Waals surface area contributed by atoms with Gasteiger partial charge in [-0.05, 0) is 12.2 Å². The zero-order valence-electron chi connectivity index (χ0n) is 2.23. The van der Waals surface area contributed by atoms with Crippen LogP contribution in [-0.2, 0) is 0 Å². The van der Waals surface area contributed by atoms with Gasteiger partial charge in [0.05, 0.1) is 0 Å². The summed E-state index contributed by atoms with van der Waals surface area (Å²) in [4.78, 5) is 0. The number of rotatable bonds is 0. The number of hydrogen-bond acceptors (Lipinski definition) is 2. The zero-order chi connectivity index (χ0) is 4.28. The lowest BCUT2D eigenvalue weighted by atomic mass is 11.5. The Labute approximate surface area is 46.2 Å². The lowest BCUT2D eigenvalue weighted by Gasteiger charge is -1.79. The first-order valence-corrected chi connectivity index (χ1v) is 2.10. The second kappa shape index (κ2) is 2.75. The molecule has 4 heteroatoms. The molecule has 0 atom stereocenters. The second-order valence-electron chi connectivity index (χ2n) is 0.386. The molecule has 0 spiro atoms. The quantitative estimate of drug-likeness (QED) is 0.218. The van der Waals surface area contributed by atoms with Crippen molar-refractivity contribution in [1.82, 2.24) is 4.72 Å². The van der Waals surface area contributed by atoms with Gasteiger partial charge < -0.3 is 4.72 Å². The monoisotopic (exact) mass is 127 g/mol. The van der Waals surface area contributed by atoms with Gasteiger partial charge in [0.25, 0.3) is 0 Å². The molecule has 0 aromatic carbocycles. The summed E-state index contributed by atoms with van der Waals surface area (Å²) in [7, 11) is 0. The molecule has 0 aromatic rings. The van der Waals surface area contributed by atoms with Gasteiger partial charge in [-0.3, -0.25) is 0 Å². The fourth-order valence-corrected chi connectivity index (χ4v) is 0. The highest BCUT2D eigenvalue weighted by Gasteiger charge is 1.71. The molecule has 0 rings (SSSR count). The summed E-state index contributed by atoms with van der Waals surface area (Å²) in [5.41, 5.74) is 0. The molecule has 1 nitrogen and oxygen atoms in total. The summed E-state index contributed by atoms with van der Waals surface area (Å²) < 4.78 is 2.39. The summed E-state index contributed by atoms with van der Waals surface area (Å²) in [6.45, 7) is 0. The van der Waals surface area contributed by atoms with Crippen molar-refractivity contribution in [2.24, 2.45) is 0 Å². The van der Waals surface area contributed by atoms with Crippen LogP contribution in [0.4, 0.5) is 0 Å². The Balaban J connectivity index is 2.85. The van der Waals surface area contributed by atoms with Crippen molar-refractivity contribution in [3.63, 3.8) is 0 Å². The third kappa shape index (κ3) is 4.53. The standard InChI is InChI=1S/CH2ClNS2/c2-1(4)3-5/h5H,(H,3,4). The van der Waals surface area contributed by atoms with Crippen molar-refractivity contribution in [3.8, 4) is 0 Å². The minimum absolute atomic E-state index is 0.174. The molecule has 30 valence electrons. The van der Waals surface area contributed by atoms with Crippen molar-refractivity contribution in [2.75, 3.05) is 0 Å². The number of thiocarbonyl (C=S) groups is 1. The zero-order valence-corrected chi connectivity index (χ0v) is 4.70. The Morgan fingerprint density at radius 3 is 2.20 bits per heavy atom. The van der Waals surface area contributed by atoms with Gasteiger partial charge in [-0.2, -0.15) is 0 Å². The first-order valence-electron chi connectivity index (χ1n) is 0.867. The first-order chi connectivity index (χ1) is 2.27. The number of hydrogen-bond donors (Lipinski definition) is 2. The lowest BCUT2D eigenvalue weighted by Crippen LogP contribution is -1.97. The van der Waals surface area contributed by atoms with Crippen LogP contribution in [0.2, 0.25) is 0 Å². The average molecular weight is 128 g/mol. The number of halogens is 1. The van der Waals surface area contributed by atoms with Crippen molar-refractivity contribution >= 4 is 41.1 Å². The third-order valence-corrected chi connectivity index (χ3v) is 0.791. The lowest BCUT2D eigenvalue weighted by molar-refractivity contribution is 1.67. The van der Waals surface area contributed by atoms with Crippen LogP contribution in [0.3, 0.4) is 0 Å². The van der Waals surface area contributed by atoms with E-state index in [4.69, 9.17) is 11.6 Å². The van der Waals surface area contributed by atoms with E-state index in [1.807, 2.05) is 0 Å². The number of thiol groups is 1. The van der Waals surface area contributed by atoms with Gasteiger partial charge >= 0.3 is 0 Å². The molecule has 5 heavy (non-hydrogen) atoms. The maximum atomic E-state index is 5.01. The van der Waals surface area contributed by atoms with E-state index in [9.17, 15) is 0 Å². The van der Waals surface area contributed by atoms with Crippen LogP contribution in [-0.4, -0.2) is 4.45 Å². The summed E-state index contributed by atoms with van der Waals surface area (Å²) >= 11 is 12.8. The summed E-state index contributed by atoms with van der Waals surface area (Å²) in [6.07, 6.45) is 0. The van der Waals surface area contributed by atoms with E-state index < -0.39 is 0 Å². The Morgan fingerprint density at radius 2 is 2.20 bits per heavy atom. The Bertz CT molecular complexity index is 44.9. The van der Waals surface area contributed by atoms with Crippen LogP contribution >= 0.6 is 36.6 Å². The number of nitrogens with one attached hydrogen (secondary N) is 1. The van der Waals surface area contributed by atoms with Gasteiger partial charge in [0.2, 0.25) is 0 Å². The minimum Gasteiger partial charge on any atom is -0.314 e. The highest BCUT2D eigenvalue weighted by atomic mass is 35.5. The smallest absolute Gasteiger partial charge is 0.177 e. The Hall–Kier alpha value is 0.530. The third-order valence-electron chi connectivity index (χ3n) is 0.0879. The fourth-order valence-electron chi connectivity index (χ4n) is 0. The van der Waals surface area contributed by atoms with Crippen LogP contribution in [0.1, 0.15) is 0 Å². The molecule has 0 aliphatic heterocycles. The molecule has 0 fully saturated rings. The largest absolute Gasteiger partial charge is 0.314 e. The molecule has 1 N–H and O–H groups in total. The molecule has 0 saturated carbocycles. The first kappa shape index (κ1) is 5.53. The molecule has 0 heterocycles. The van der Waals surface area contributed by atoms with Gasteiger partial charge in [-0.1, -0.05) is 24.4 Å². The predicted molar refractivity (Wildman–Crippen MR) is 30.6 cm³/mol. The van der Waals surface area contributed by atoms with E-state index >= 15 is 0 Å². The van der Waals surface area contributed by atoms with Gasteiger partial charge in [-0.25, -0.2) is 0 Å². The van der Waals surface area contributed by atoms with Crippen molar-refractivity contribution in [1.29, 1.82) is 0 Å². The second-order valence-corrected chi connectivity index (χ2v) is 1.62. The molecule has 0 aliphatic carbocycles. The molecule has 0 aromatic heterocycles. The maximum Gasteiger partial charge on any atom is 0.177 e. The molecular formula is CH2ClNS2. The summed E-state index contributed by atoms with van der Waals surface area (Å²) in [5, 5.41) is 0. The highest BCUT2D eigenvalue weighted by Crippen LogP contribution is 1.76. The van der Waals surface area contributed by atoms with E-state index in [0.717, 1.165) is 0 Å². The highest BCUT2D eigenvalue weighted by molar-refractivity contribution is 7.86. The summed E-state index contributed by atoms with van der Waals surface area (Å²) in [5.74, 6) is 0. The molecule has 0 saturated heterocycles. The van der Waals surface area contributed by atoms with E-state index in [1.54, 1.807) is 0 Å². The van der Waals surface area contributed by atoms with Gasteiger partial charge in [0, 0.05) is 0 Å². The van der Waals surface area contributed by atoms with Crippen molar-refractivity contribution in [3.05, 3.63) is 0 Å². The fraction of sp³-hybridized carbons (Fsp3) is 0. The van der Waals surface area contributed by atoms with Crippen LogP contribution in [0.25, 0.3) is 0 Å². The van der Waals surface area contributed by atoms with E-state index in [2.05, 4.69) is 29.8 Å². The van der Waals surface area contributed by atoms with Crippen molar-refractivity contribution in [2.45, 2.75) is 0 Å².